The molecule has 2 N–H and O–H groups in total. The predicted molar refractivity (Wildman–Crippen MR) is 90.3 cm³/mol. The number of methoxy groups -OCH3 is 1. The Kier molecular flexibility index (Phi) is 5.51. The van der Waals surface area contributed by atoms with Crippen molar-refractivity contribution >= 4 is 33.2 Å². The van der Waals surface area contributed by atoms with Crippen LogP contribution in [0.1, 0.15) is 17.2 Å². The molecule has 5 heteroatoms. The molecule has 2 aromatic rings. The van der Waals surface area contributed by atoms with Gasteiger partial charge in [-0.05, 0) is 37.3 Å². The molecule has 0 aliphatic rings. The van der Waals surface area contributed by atoms with Crippen molar-refractivity contribution in [3.05, 3.63) is 57.0 Å². The molecule has 0 aliphatic carbocycles. The van der Waals surface area contributed by atoms with Crippen LogP contribution in [0.3, 0.4) is 0 Å². The lowest BCUT2D eigenvalue weighted by molar-refractivity contribution is 0.187. The van der Waals surface area contributed by atoms with E-state index < -0.39 is 6.10 Å². The van der Waals surface area contributed by atoms with Crippen LogP contribution < -0.4 is 10.1 Å². The number of ether oxygens (including phenoxy) is 1. The number of rotatable bonds is 5. The van der Waals surface area contributed by atoms with Crippen molar-refractivity contribution in [2.45, 2.75) is 13.0 Å². The average molecular weight is 371 g/mol. The van der Waals surface area contributed by atoms with Gasteiger partial charge in [0.25, 0.3) is 0 Å². The second-order valence-electron chi connectivity index (χ2n) is 4.77. The van der Waals surface area contributed by atoms with Gasteiger partial charge in [-0.3, -0.25) is 0 Å². The SMILES string of the molecule is COc1ccc(C)cc1C(O)CNc1ccc(Br)cc1Cl. The summed E-state index contributed by atoms with van der Waals surface area (Å²) in [5.74, 6) is 0.678. The van der Waals surface area contributed by atoms with E-state index >= 15 is 0 Å². The molecular formula is C16H17BrClNO2. The van der Waals surface area contributed by atoms with Crippen molar-refractivity contribution in [2.75, 3.05) is 19.0 Å². The molecule has 2 rings (SSSR count). The predicted octanol–water partition coefficient (Wildman–Crippen LogP) is 4.57. The fraction of sp³-hybridized carbons (Fsp3) is 0.250. The van der Waals surface area contributed by atoms with E-state index in [9.17, 15) is 5.11 Å². The quantitative estimate of drug-likeness (QED) is 0.810. The number of hydrogen-bond donors (Lipinski definition) is 2. The molecule has 3 nitrogen and oxygen atoms in total. The smallest absolute Gasteiger partial charge is 0.124 e. The van der Waals surface area contributed by atoms with Crippen molar-refractivity contribution in [1.29, 1.82) is 0 Å². The monoisotopic (exact) mass is 369 g/mol. The highest BCUT2D eigenvalue weighted by atomic mass is 79.9. The van der Waals surface area contributed by atoms with Gasteiger partial charge in [-0.15, -0.1) is 0 Å². The molecule has 21 heavy (non-hydrogen) atoms. The summed E-state index contributed by atoms with van der Waals surface area (Å²) in [6, 6.07) is 11.3. The fourth-order valence-electron chi connectivity index (χ4n) is 2.06. The van der Waals surface area contributed by atoms with Gasteiger partial charge >= 0.3 is 0 Å². The van der Waals surface area contributed by atoms with Gasteiger partial charge in [0.1, 0.15) is 5.75 Å². The molecule has 0 aliphatic heterocycles. The van der Waals surface area contributed by atoms with Gasteiger partial charge in [0.05, 0.1) is 23.9 Å². The Balaban J connectivity index is 2.11. The molecule has 0 radical (unpaired) electrons. The molecule has 2 aromatic carbocycles. The van der Waals surface area contributed by atoms with E-state index in [-0.39, 0.29) is 0 Å². The molecule has 0 heterocycles. The van der Waals surface area contributed by atoms with Crippen LogP contribution in [0.2, 0.25) is 5.02 Å². The molecule has 1 atom stereocenters. The zero-order valence-electron chi connectivity index (χ0n) is 11.9. The maximum atomic E-state index is 10.4. The first-order chi connectivity index (χ1) is 10.0. The Morgan fingerprint density at radius 1 is 1.29 bits per heavy atom. The van der Waals surface area contributed by atoms with Crippen molar-refractivity contribution in [3.63, 3.8) is 0 Å². The van der Waals surface area contributed by atoms with E-state index in [1.54, 1.807) is 7.11 Å². The summed E-state index contributed by atoms with van der Waals surface area (Å²) in [4.78, 5) is 0. The number of aliphatic hydroxyl groups excluding tert-OH is 1. The first-order valence-corrected chi connectivity index (χ1v) is 7.70. The van der Waals surface area contributed by atoms with Crippen molar-refractivity contribution in [2.24, 2.45) is 0 Å². The number of hydrogen-bond acceptors (Lipinski definition) is 3. The Morgan fingerprint density at radius 3 is 2.71 bits per heavy atom. The van der Waals surface area contributed by atoms with Crippen LogP contribution in [0.15, 0.2) is 40.9 Å². The highest BCUT2D eigenvalue weighted by Gasteiger charge is 2.14. The molecule has 0 amide bonds. The van der Waals surface area contributed by atoms with Gasteiger partial charge in [-0.1, -0.05) is 39.2 Å². The minimum Gasteiger partial charge on any atom is -0.496 e. The minimum absolute atomic E-state index is 0.348. The lowest BCUT2D eigenvalue weighted by Crippen LogP contribution is -2.13. The molecule has 0 saturated carbocycles. The summed E-state index contributed by atoms with van der Waals surface area (Å²) in [5, 5.41) is 14.1. The lowest BCUT2D eigenvalue weighted by Gasteiger charge is -2.17. The van der Waals surface area contributed by atoms with Crippen LogP contribution in [-0.4, -0.2) is 18.8 Å². The van der Waals surface area contributed by atoms with E-state index in [4.69, 9.17) is 16.3 Å². The minimum atomic E-state index is -0.681. The van der Waals surface area contributed by atoms with Gasteiger partial charge < -0.3 is 15.2 Å². The second kappa shape index (κ2) is 7.16. The largest absolute Gasteiger partial charge is 0.496 e. The van der Waals surface area contributed by atoms with Crippen LogP contribution in [0.5, 0.6) is 5.75 Å². The number of anilines is 1. The van der Waals surface area contributed by atoms with E-state index in [0.29, 0.717) is 17.3 Å². The third-order valence-corrected chi connectivity index (χ3v) is 3.97. The first-order valence-electron chi connectivity index (χ1n) is 6.53. The van der Waals surface area contributed by atoms with Gasteiger partial charge in [-0.25, -0.2) is 0 Å². The summed E-state index contributed by atoms with van der Waals surface area (Å²) in [6.45, 7) is 2.33. The van der Waals surface area contributed by atoms with Crippen LogP contribution >= 0.6 is 27.5 Å². The summed E-state index contributed by atoms with van der Waals surface area (Å²) in [7, 11) is 1.60. The highest BCUT2D eigenvalue weighted by molar-refractivity contribution is 9.10. The molecule has 0 saturated heterocycles. The van der Waals surface area contributed by atoms with Crippen LogP contribution in [-0.2, 0) is 0 Å². The molecule has 0 fully saturated rings. The second-order valence-corrected chi connectivity index (χ2v) is 6.09. The lowest BCUT2D eigenvalue weighted by atomic mass is 10.1. The number of nitrogens with one attached hydrogen (secondary N) is 1. The number of benzene rings is 2. The summed E-state index contributed by atoms with van der Waals surface area (Å²) in [5.41, 5.74) is 2.62. The molecule has 112 valence electrons. The van der Waals surface area contributed by atoms with Crippen molar-refractivity contribution in [3.8, 4) is 5.75 Å². The molecule has 0 spiro atoms. The Bertz CT molecular complexity index is 634. The van der Waals surface area contributed by atoms with E-state index in [1.807, 2.05) is 43.3 Å². The number of aryl methyl sites for hydroxylation is 1. The van der Waals surface area contributed by atoms with Crippen molar-refractivity contribution in [1.82, 2.24) is 0 Å². The number of aliphatic hydroxyl groups is 1. The topological polar surface area (TPSA) is 41.5 Å². The standard InChI is InChI=1S/C16H17BrClNO2/c1-10-3-6-16(21-2)12(7-10)15(20)9-19-14-5-4-11(17)8-13(14)18/h3-8,15,19-20H,9H2,1-2H3. The van der Waals surface area contributed by atoms with E-state index in [0.717, 1.165) is 21.3 Å². The van der Waals surface area contributed by atoms with Gasteiger partial charge in [0.2, 0.25) is 0 Å². The van der Waals surface area contributed by atoms with Gasteiger partial charge in [-0.2, -0.15) is 0 Å². The third-order valence-electron chi connectivity index (χ3n) is 3.16. The normalized spacial score (nSPS) is 12.0. The molecular weight excluding hydrogens is 354 g/mol. The maximum absolute atomic E-state index is 10.4. The Morgan fingerprint density at radius 2 is 2.05 bits per heavy atom. The average Bonchev–Trinajstić information content (AvgIpc) is 2.46. The van der Waals surface area contributed by atoms with Crippen LogP contribution in [0.25, 0.3) is 0 Å². The van der Waals surface area contributed by atoms with Crippen LogP contribution in [0, 0.1) is 6.92 Å². The Labute approximate surface area is 138 Å². The summed E-state index contributed by atoms with van der Waals surface area (Å²) < 4.78 is 6.21. The maximum Gasteiger partial charge on any atom is 0.124 e. The number of halogens is 2. The molecule has 1 unspecified atom stereocenters. The molecule has 0 aromatic heterocycles. The first kappa shape index (κ1) is 16.1. The Hall–Kier alpha value is -1.23. The zero-order valence-corrected chi connectivity index (χ0v) is 14.2. The van der Waals surface area contributed by atoms with Crippen molar-refractivity contribution < 1.29 is 9.84 Å². The van der Waals surface area contributed by atoms with Crippen LogP contribution in [0.4, 0.5) is 5.69 Å². The molecule has 0 bridgehead atoms. The van der Waals surface area contributed by atoms with Gasteiger partial charge in [0, 0.05) is 16.6 Å². The summed E-state index contributed by atoms with van der Waals surface area (Å²) >= 11 is 9.51. The zero-order chi connectivity index (χ0) is 15.4. The third kappa shape index (κ3) is 4.13. The van der Waals surface area contributed by atoms with E-state index in [2.05, 4.69) is 21.2 Å². The van der Waals surface area contributed by atoms with E-state index in [1.165, 1.54) is 0 Å². The highest BCUT2D eigenvalue weighted by Crippen LogP contribution is 2.29. The van der Waals surface area contributed by atoms with Gasteiger partial charge in [0.15, 0.2) is 0 Å². The summed E-state index contributed by atoms with van der Waals surface area (Å²) in [6.07, 6.45) is -0.681. The fourth-order valence-corrected chi connectivity index (χ4v) is 2.80.